The Morgan fingerprint density at radius 2 is 1.73 bits per heavy atom. The van der Waals surface area contributed by atoms with E-state index in [2.05, 4.69) is 39.6 Å². The van der Waals surface area contributed by atoms with E-state index in [1.165, 1.54) is 0 Å². The van der Waals surface area contributed by atoms with Crippen LogP contribution in [0.2, 0.25) is 0 Å². The standard InChI is InChI=1S/C13H27NO/c1-7-9-13(15,8-2)12(10(3)4)14-11(5)6/h10-11,15H,7-9H2,1-6H3/b14-12+. The van der Waals surface area contributed by atoms with E-state index in [0.717, 1.165) is 25.0 Å². The zero-order valence-electron chi connectivity index (χ0n) is 11.2. The molecule has 0 spiro atoms. The second-order valence-electron chi connectivity index (χ2n) is 4.90. The molecule has 0 aliphatic rings. The Hall–Kier alpha value is -0.370. The summed E-state index contributed by atoms with van der Waals surface area (Å²) in [6.45, 7) is 12.5. The number of nitrogens with zero attached hydrogens (tertiary/aromatic N) is 1. The third-order valence-electron chi connectivity index (χ3n) is 2.67. The first-order valence-corrected chi connectivity index (χ1v) is 6.17. The summed E-state index contributed by atoms with van der Waals surface area (Å²) in [6, 6.07) is 0.261. The molecule has 0 aliphatic carbocycles. The molecule has 15 heavy (non-hydrogen) atoms. The lowest BCUT2D eigenvalue weighted by atomic mass is 9.83. The van der Waals surface area contributed by atoms with E-state index in [4.69, 9.17) is 0 Å². The highest BCUT2D eigenvalue weighted by molar-refractivity contribution is 5.94. The van der Waals surface area contributed by atoms with Gasteiger partial charge in [0.25, 0.3) is 0 Å². The van der Waals surface area contributed by atoms with Crippen molar-refractivity contribution in [3.63, 3.8) is 0 Å². The molecule has 1 N–H and O–H groups in total. The molecule has 0 aliphatic heterocycles. The molecule has 0 radical (unpaired) electrons. The van der Waals surface area contributed by atoms with E-state index in [9.17, 15) is 5.11 Å². The molecule has 0 saturated carbocycles. The number of hydrogen-bond acceptors (Lipinski definition) is 2. The second kappa shape index (κ2) is 6.26. The molecule has 1 unspecified atom stereocenters. The van der Waals surface area contributed by atoms with Gasteiger partial charge >= 0.3 is 0 Å². The second-order valence-corrected chi connectivity index (χ2v) is 4.90. The van der Waals surface area contributed by atoms with E-state index in [1.54, 1.807) is 0 Å². The molecule has 0 bridgehead atoms. The van der Waals surface area contributed by atoms with Gasteiger partial charge in [-0.3, -0.25) is 4.99 Å². The fraction of sp³-hybridized carbons (Fsp3) is 0.923. The predicted octanol–water partition coefficient (Wildman–Crippen LogP) is 3.43. The van der Waals surface area contributed by atoms with Crippen LogP contribution in [0, 0.1) is 5.92 Å². The fourth-order valence-corrected chi connectivity index (χ4v) is 1.98. The van der Waals surface area contributed by atoms with E-state index < -0.39 is 5.60 Å². The Labute approximate surface area is 94.8 Å². The summed E-state index contributed by atoms with van der Waals surface area (Å²) in [4.78, 5) is 4.60. The summed E-state index contributed by atoms with van der Waals surface area (Å²) in [6.07, 6.45) is 2.56. The molecule has 2 nitrogen and oxygen atoms in total. The maximum atomic E-state index is 10.6. The highest BCUT2D eigenvalue weighted by Gasteiger charge is 2.32. The van der Waals surface area contributed by atoms with Gasteiger partial charge in [-0.2, -0.15) is 0 Å². The third-order valence-corrected chi connectivity index (χ3v) is 2.67. The molecule has 2 heteroatoms. The van der Waals surface area contributed by atoms with Crippen molar-refractivity contribution >= 4 is 5.71 Å². The van der Waals surface area contributed by atoms with Crippen LogP contribution >= 0.6 is 0 Å². The smallest absolute Gasteiger partial charge is 0.102 e. The first-order chi connectivity index (χ1) is 6.87. The molecule has 90 valence electrons. The quantitative estimate of drug-likeness (QED) is 0.674. The predicted molar refractivity (Wildman–Crippen MR) is 67.6 cm³/mol. The highest BCUT2D eigenvalue weighted by atomic mass is 16.3. The van der Waals surface area contributed by atoms with Crippen LogP contribution in [0.1, 0.15) is 60.8 Å². The van der Waals surface area contributed by atoms with E-state index >= 15 is 0 Å². The van der Waals surface area contributed by atoms with Crippen LogP contribution in [0.4, 0.5) is 0 Å². The first kappa shape index (κ1) is 14.6. The lowest BCUT2D eigenvalue weighted by molar-refractivity contribution is 0.0920. The van der Waals surface area contributed by atoms with Crippen molar-refractivity contribution in [3.05, 3.63) is 0 Å². The van der Waals surface area contributed by atoms with Crippen molar-refractivity contribution in [2.75, 3.05) is 0 Å². The van der Waals surface area contributed by atoms with Crippen molar-refractivity contribution in [3.8, 4) is 0 Å². The Balaban J connectivity index is 5.02. The average molecular weight is 213 g/mol. The van der Waals surface area contributed by atoms with Crippen molar-refractivity contribution in [2.24, 2.45) is 10.9 Å². The van der Waals surface area contributed by atoms with Gasteiger partial charge in [0.15, 0.2) is 0 Å². The maximum Gasteiger partial charge on any atom is 0.102 e. The molecule has 0 heterocycles. The summed E-state index contributed by atoms with van der Waals surface area (Å²) in [5, 5.41) is 10.6. The lowest BCUT2D eigenvalue weighted by Gasteiger charge is -2.31. The van der Waals surface area contributed by atoms with Crippen molar-refractivity contribution in [1.82, 2.24) is 0 Å². The topological polar surface area (TPSA) is 32.6 Å². The highest BCUT2D eigenvalue weighted by Crippen LogP contribution is 2.24. The van der Waals surface area contributed by atoms with Crippen LogP contribution in [0.15, 0.2) is 4.99 Å². The molecule has 0 rings (SSSR count). The third kappa shape index (κ3) is 4.33. The molecular formula is C13H27NO. The molecule has 1 atom stereocenters. The van der Waals surface area contributed by atoms with Crippen LogP contribution in [0.25, 0.3) is 0 Å². The van der Waals surface area contributed by atoms with E-state index in [0.29, 0.717) is 5.92 Å². The first-order valence-electron chi connectivity index (χ1n) is 6.17. The van der Waals surface area contributed by atoms with Gasteiger partial charge in [-0.15, -0.1) is 0 Å². The van der Waals surface area contributed by atoms with Crippen LogP contribution < -0.4 is 0 Å². The SMILES string of the molecule is CCCC(O)(CC)/C(=N/C(C)C)C(C)C. The molecule has 0 aromatic heterocycles. The van der Waals surface area contributed by atoms with Crippen LogP contribution in [-0.4, -0.2) is 22.5 Å². The number of hydrogen-bond donors (Lipinski definition) is 1. The summed E-state index contributed by atoms with van der Waals surface area (Å²) in [7, 11) is 0. The lowest BCUT2D eigenvalue weighted by Crippen LogP contribution is -2.41. The average Bonchev–Trinajstić information content (AvgIpc) is 2.13. The van der Waals surface area contributed by atoms with Gasteiger partial charge in [-0.1, -0.05) is 34.1 Å². The largest absolute Gasteiger partial charge is 0.384 e. The van der Waals surface area contributed by atoms with Gasteiger partial charge in [0, 0.05) is 11.8 Å². The number of aliphatic hydroxyl groups is 1. The molecule has 0 saturated heterocycles. The Kier molecular flexibility index (Phi) is 6.11. The minimum Gasteiger partial charge on any atom is -0.384 e. The van der Waals surface area contributed by atoms with Gasteiger partial charge in [-0.25, -0.2) is 0 Å². The van der Waals surface area contributed by atoms with Crippen molar-refractivity contribution in [2.45, 2.75) is 72.4 Å². The molecule has 0 aromatic rings. The van der Waals surface area contributed by atoms with Crippen LogP contribution in [0.3, 0.4) is 0 Å². The summed E-state index contributed by atoms with van der Waals surface area (Å²) in [5.41, 5.74) is 0.287. The molecular weight excluding hydrogens is 186 g/mol. The maximum absolute atomic E-state index is 10.6. The van der Waals surface area contributed by atoms with Crippen molar-refractivity contribution in [1.29, 1.82) is 0 Å². The van der Waals surface area contributed by atoms with Gasteiger partial charge in [0.1, 0.15) is 5.60 Å². The normalized spacial score (nSPS) is 17.3. The number of aliphatic imine (C=N–C) groups is 1. The van der Waals surface area contributed by atoms with Gasteiger partial charge in [-0.05, 0) is 32.6 Å². The summed E-state index contributed by atoms with van der Waals surface area (Å²) >= 11 is 0. The van der Waals surface area contributed by atoms with Gasteiger partial charge in [0.2, 0.25) is 0 Å². The molecule has 0 aromatic carbocycles. The zero-order chi connectivity index (χ0) is 12.1. The monoisotopic (exact) mass is 213 g/mol. The van der Waals surface area contributed by atoms with Gasteiger partial charge in [0.05, 0.1) is 0 Å². The zero-order valence-corrected chi connectivity index (χ0v) is 11.2. The summed E-state index contributed by atoms with van der Waals surface area (Å²) < 4.78 is 0. The minimum absolute atomic E-state index is 0.261. The molecule has 0 fully saturated rings. The molecule has 0 amide bonds. The van der Waals surface area contributed by atoms with Crippen molar-refractivity contribution < 1.29 is 5.11 Å². The van der Waals surface area contributed by atoms with Gasteiger partial charge < -0.3 is 5.11 Å². The van der Waals surface area contributed by atoms with Crippen LogP contribution in [-0.2, 0) is 0 Å². The van der Waals surface area contributed by atoms with E-state index in [-0.39, 0.29) is 6.04 Å². The Morgan fingerprint density at radius 3 is 2.00 bits per heavy atom. The Bertz CT molecular complexity index is 209. The van der Waals surface area contributed by atoms with E-state index in [1.807, 2.05) is 6.92 Å². The summed E-state index contributed by atoms with van der Waals surface area (Å²) in [5.74, 6) is 0.323. The fourth-order valence-electron chi connectivity index (χ4n) is 1.98. The minimum atomic E-state index is -0.687. The van der Waals surface area contributed by atoms with Crippen LogP contribution in [0.5, 0.6) is 0 Å². The number of rotatable bonds is 6. The Morgan fingerprint density at radius 1 is 1.20 bits per heavy atom.